The van der Waals surface area contributed by atoms with Crippen LogP contribution in [-0.4, -0.2) is 52.4 Å². The number of carbonyl (C=O) groups excluding carboxylic acids is 1. The van der Waals surface area contributed by atoms with Gasteiger partial charge in [-0.15, -0.1) is 0 Å². The summed E-state index contributed by atoms with van der Waals surface area (Å²) in [5.41, 5.74) is 1.49. The molecule has 0 saturated carbocycles. The maximum absolute atomic E-state index is 12.3. The van der Waals surface area contributed by atoms with Gasteiger partial charge in [0.2, 0.25) is 0 Å². The van der Waals surface area contributed by atoms with Crippen LogP contribution in [0.3, 0.4) is 0 Å². The number of hydrogen-bond acceptors (Lipinski definition) is 6. The molecule has 1 aromatic rings. The van der Waals surface area contributed by atoms with Gasteiger partial charge in [0.05, 0.1) is 24.9 Å². The fourth-order valence-electron chi connectivity index (χ4n) is 2.79. The minimum atomic E-state index is -0.493. The van der Waals surface area contributed by atoms with Crippen molar-refractivity contribution in [3.05, 3.63) is 17.6 Å². The van der Waals surface area contributed by atoms with Gasteiger partial charge in [-0.3, -0.25) is 0 Å². The van der Waals surface area contributed by atoms with Gasteiger partial charge in [-0.05, 0) is 27.2 Å². The van der Waals surface area contributed by atoms with Crippen molar-refractivity contribution in [1.29, 1.82) is 0 Å². The van der Waals surface area contributed by atoms with Crippen LogP contribution in [0.25, 0.3) is 0 Å². The molecule has 1 atom stereocenters. The van der Waals surface area contributed by atoms with Crippen LogP contribution < -0.4 is 5.32 Å². The third kappa shape index (κ3) is 3.90. The predicted molar refractivity (Wildman–Crippen MR) is 85.2 cm³/mol. The smallest absolute Gasteiger partial charge is 0.410 e. The third-order valence-electron chi connectivity index (χ3n) is 3.92. The Morgan fingerprint density at radius 1 is 1.43 bits per heavy atom. The van der Waals surface area contributed by atoms with Gasteiger partial charge < -0.3 is 19.7 Å². The number of hydrogen-bond donors (Lipinski definition) is 1. The van der Waals surface area contributed by atoms with Crippen LogP contribution in [0.5, 0.6) is 0 Å². The van der Waals surface area contributed by atoms with Crippen LogP contribution in [-0.2, 0) is 22.4 Å². The molecule has 0 aliphatic carbocycles. The minimum Gasteiger partial charge on any atom is -0.444 e. The largest absolute Gasteiger partial charge is 0.444 e. The van der Waals surface area contributed by atoms with Crippen molar-refractivity contribution in [1.82, 2.24) is 14.9 Å². The molecule has 3 rings (SSSR count). The van der Waals surface area contributed by atoms with Crippen LogP contribution in [0, 0.1) is 0 Å². The first-order valence-corrected chi connectivity index (χ1v) is 8.07. The monoisotopic (exact) mass is 320 g/mol. The molecule has 126 valence electrons. The lowest BCUT2D eigenvalue weighted by Crippen LogP contribution is -2.40. The number of anilines is 1. The van der Waals surface area contributed by atoms with Crippen molar-refractivity contribution < 1.29 is 14.3 Å². The zero-order valence-electron chi connectivity index (χ0n) is 14.0. The second kappa shape index (κ2) is 6.31. The van der Waals surface area contributed by atoms with E-state index >= 15 is 0 Å². The molecule has 2 aliphatic heterocycles. The molecular weight excluding hydrogens is 296 g/mol. The highest BCUT2D eigenvalue weighted by Gasteiger charge is 2.29. The van der Waals surface area contributed by atoms with Crippen LogP contribution >= 0.6 is 0 Å². The number of ether oxygens (including phenoxy) is 2. The van der Waals surface area contributed by atoms with Crippen molar-refractivity contribution >= 4 is 11.9 Å². The van der Waals surface area contributed by atoms with Crippen molar-refractivity contribution in [2.75, 3.05) is 25.1 Å². The van der Waals surface area contributed by atoms with Crippen molar-refractivity contribution in [3.8, 4) is 0 Å². The van der Waals surface area contributed by atoms with E-state index in [-0.39, 0.29) is 12.1 Å². The van der Waals surface area contributed by atoms with E-state index in [1.54, 1.807) is 11.2 Å². The van der Waals surface area contributed by atoms with Gasteiger partial charge in [0.25, 0.3) is 0 Å². The molecule has 0 spiro atoms. The topological polar surface area (TPSA) is 76.6 Å². The Balaban J connectivity index is 1.74. The molecule has 1 saturated heterocycles. The summed E-state index contributed by atoms with van der Waals surface area (Å²) in [7, 11) is 0. The van der Waals surface area contributed by atoms with Crippen molar-refractivity contribution in [2.24, 2.45) is 0 Å². The second-order valence-corrected chi connectivity index (χ2v) is 7.00. The van der Waals surface area contributed by atoms with Crippen LogP contribution in [0.4, 0.5) is 10.6 Å². The first-order chi connectivity index (χ1) is 10.9. The Kier molecular flexibility index (Phi) is 4.39. The summed E-state index contributed by atoms with van der Waals surface area (Å²) in [6.45, 7) is 8.17. The quantitative estimate of drug-likeness (QED) is 0.898. The highest BCUT2D eigenvalue weighted by Crippen LogP contribution is 2.25. The molecule has 7 nitrogen and oxygen atoms in total. The van der Waals surface area contributed by atoms with Crippen LogP contribution in [0.1, 0.15) is 38.4 Å². The molecule has 0 unspecified atom stereocenters. The zero-order chi connectivity index (χ0) is 16.4. The maximum Gasteiger partial charge on any atom is 0.410 e. The summed E-state index contributed by atoms with van der Waals surface area (Å²) < 4.78 is 10.9. The number of nitrogens with one attached hydrogen (secondary N) is 1. The van der Waals surface area contributed by atoms with E-state index in [0.29, 0.717) is 26.1 Å². The first-order valence-electron chi connectivity index (χ1n) is 8.07. The van der Waals surface area contributed by atoms with Gasteiger partial charge >= 0.3 is 6.09 Å². The maximum atomic E-state index is 12.3. The van der Waals surface area contributed by atoms with Crippen molar-refractivity contribution in [2.45, 2.75) is 51.8 Å². The van der Waals surface area contributed by atoms with E-state index < -0.39 is 5.60 Å². The Labute approximate surface area is 136 Å². The van der Waals surface area contributed by atoms with E-state index in [1.165, 1.54) is 0 Å². The summed E-state index contributed by atoms with van der Waals surface area (Å²) in [6.07, 6.45) is 2.98. The number of amides is 1. The average molecular weight is 320 g/mol. The van der Waals surface area contributed by atoms with Gasteiger partial charge in [0.1, 0.15) is 17.7 Å². The molecule has 3 heterocycles. The fourth-order valence-corrected chi connectivity index (χ4v) is 2.79. The molecule has 1 amide bonds. The van der Waals surface area contributed by atoms with Crippen LogP contribution in [0.2, 0.25) is 0 Å². The summed E-state index contributed by atoms with van der Waals surface area (Å²) in [4.78, 5) is 22.7. The highest BCUT2D eigenvalue weighted by molar-refractivity contribution is 5.69. The molecule has 7 heteroatoms. The van der Waals surface area contributed by atoms with Gasteiger partial charge in [-0.2, -0.15) is 0 Å². The standard InChI is InChI=1S/C16H24N4O3/c1-16(2,3)23-15(21)20-6-4-13-12(8-20)14(18-10-17-13)19-11-5-7-22-9-11/h10-11H,4-9H2,1-3H3,(H,17,18,19)/t11-/m0/s1. The second-order valence-electron chi connectivity index (χ2n) is 7.00. The Morgan fingerprint density at radius 3 is 2.96 bits per heavy atom. The fraction of sp³-hybridized carbons (Fsp3) is 0.688. The molecule has 2 aliphatic rings. The Morgan fingerprint density at radius 2 is 2.26 bits per heavy atom. The highest BCUT2D eigenvalue weighted by atomic mass is 16.6. The number of fused-ring (bicyclic) bond motifs is 1. The number of nitrogens with zero attached hydrogens (tertiary/aromatic N) is 3. The van der Waals surface area contributed by atoms with E-state index in [1.807, 2.05) is 20.8 Å². The van der Waals surface area contributed by atoms with E-state index in [9.17, 15) is 4.79 Å². The lowest BCUT2D eigenvalue weighted by atomic mass is 10.1. The Hall–Kier alpha value is -1.89. The third-order valence-corrected chi connectivity index (χ3v) is 3.92. The molecule has 1 N–H and O–H groups in total. The normalized spacial score (nSPS) is 21.0. The van der Waals surface area contributed by atoms with E-state index in [4.69, 9.17) is 9.47 Å². The summed E-state index contributed by atoms with van der Waals surface area (Å²) in [5, 5.41) is 3.42. The van der Waals surface area contributed by atoms with Gasteiger partial charge in [0.15, 0.2) is 0 Å². The van der Waals surface area contributed by atoms with E-state index in [0.717, 1.165) is 30.1 Å². The molecule has 0 bridgehead atoms. The average Bonchev–Trinajstić information content (AvgIpc) is 2.98. The molecule has 1 fully saturated rings. The van der Waals surface area contributed by atoms with E-state index in [2.05, 4.69) is 15.3 Å². The molecule has 1 aromatic heterocycles. The minimum absolute atomic E-state index is 0.269. The van der Waals surface area contributed by atoms with Gasteiger partial charge in [-0.25, -0.2) is 14.8 Å². The molecule has 23 heavy (non-hydrogen) atoms. The number of aromatic nitrogens is 2. The molecule has 0 aromatic carbocycles. The van der Waals surface area contributed by atoms with Gasteiger partial charge in [-0.1, -0.05) is 0 Å². The van der Waals surface area contributed by atoms with Crippen LogP contribution in [0.15, 0.2) is 6.33 Å². The number of carbonyl (C=O) groups is 1. The summed E-state index contributed by atoms with van der Waals surface area (Å²) >= 11 is 0. The van der Waals surface area contributed by atoms with Crippen molar-refractivity contribution in [3.63, 3.8) is 0 Å². The first kappa shape index (κ1) is 16.0. The zero-order valence-corrected chi connectivity index (χ0v) is 14.0. The molecule has 0 radical (unpaired) electrons. The predicted octanol–water partition coefficient (Wildman–Crippen LogP) is 1.97. The lowest BCUT2D eigenvalue weighted by molar-refractivity contribution is 0.0223. The lowest BCUT2D eigenvalue weighted by Gasteiger charge is -2.31. The summed E-state index contributed by atoms with van der Waals surface area (Å²) in [6, 6.07) is 0.269. The van der Waals surface area contributed by atoms with Gasteiger partial charge in [0, 0.05) is 25.1 Å². The SMILES string of the molecule is CC(C)(C)OC(=O)N1CCc2ncnc(N[C@H]3CCOC3)c2C1. The Bertz CT molecular complexity index is 579. The number of rotatable bonds is 2. The summed E-state index contributed by atoms with van der Waals surface area (Å²) in [5.74, 6) is 0.804. The molecular formula is C16H24N4O3.